The second-order valence-electron chi connectivity index (χ2n) is 6.08. The Bertz CT molecular complexity index is 872. The lowest BCUT2D eigenvalue weighted by molar-refractivity contribution is -0.123. The Balaban J connectivity index is 1.78. The normalized spacial score (nSPS) is 10.3. The van der Waals surface area contributed by atoms with Gasteiger partial charge >= 0.3 is 0 Å². The topological polar surface area (TPSA) is 76.7 Å². The van der Waals surface area contributed by atoms with E-state index in [0.717, 1.165) is 11.1 Å². The molecule has 0 radical (unpaired) electrons. The van der Waals surface area contributed by atoms with Crippen molar-refractivity contribution in [2.75, 3.05) is 26.8 Å². The predicted octanol–water partition coefficient (Wildman–Crippen LogP) is 3.54. The molecule has 0 atom stereocenters. The maximum Gasteiger partial charge on any atom is 0.258 e. The summed E-state index contributed by atoms with van der Waals surface area (Å²) in [5, 5.41) is 5.85. The van der Waals surface area contributed by atoms with Crippen molar-refractivity contribution < 1.29 is 19.1 Å². The lowest BCUT2D eigenvalue weighted by Gasteiger charge is -2.13. The molecule has 0 aliphatic heterocycles. The van der Waals surface area contributed by atoms with Gasteiger partial charge in [-0.3, -0.25) is 9.59 Å². The standard InChI is InChI=1S/C20H22Cl2N2O4/c1-12-4-5-14(10-13(12)2)28-11-17(25)23-8-9-24-20(26)18-15(21)6-7-16(22)19(18)27-3/h4-7,10H,8-9,11H2,1-3H3,(H,23,25)(H,24,26). The smallest absolute Gasteiger partial charge is 0.258 e. The van der Waals surface area contributed by atoms with E-state index < -0.39 is 5.91 Å². The van der Waals surface area contributed by atoms with Crippen molar-refractivity contribution in [3.63, 3.8) is 0 Å². The molecule has 0 spiro atoms. The third-order valence-corrected chi connectivity index (χ3v) is 4.68. The van der Waals surface area contributed by atoms with Crippen LogP contribution in [0.25, 0.3) is 0 Å². The minimum Gasteiger partial charge on any atom is -0.494 e. The molecule has 0 aliphatic carbocycles. The molecule has 0 saturated heterocycles. The van der Waals surface area contributed by atoms with Crippen LogP contribution in [0.3, 0.4) is 0 Å². The van der Waals surface area contributed by atoms with Crippen LogP contribution >= 0.6 is 23.2 Å². The first-order valence-electron chi connectivity index (χ1n) is 8.60. The summed E-state index contributed by atoms with van der Waals surface area (Å²) < 4.78 is 10.6. The first-order valence-corrected chi connectivity index (χ1v) is 9.36. The summed E-state index contributed by atoms with van der Waals surface area (Å²) in [6.07, 6.45) is 0. The van der Waals surface area contributed by atoms with E-state index in [0.29, 0.717) is 5.75 Å². The van der Waals surface area contributed by atoms with Gasteiger partial charge in [0.05, 0.1) is 17.2 Å². The third-order valence-electron chi connectivity index (χ3n) is 4.07. The molecule has 2 aromatic carbocycles. The van der Waals surface area contributed by atoms with Crippen molar-refractivity contribution in [1.29, 1.82) is 0 Å². The molecule has 0 aliphatic rings. The molecule has 0 saturated carbocycles. The number of carbonyl (C=O) groups is 2. The number of carbonyl (C=O) groups excluding carboxylic acids is 2. The van der Waals surface area contributed by atoms with E-state index in [2.05, 4.69) is 10.6 Å². The van der Waals surface area contributed by atoms with Crippen LogP contribution < -0.4 is 20.1 Å². The van der Waals surface area contributed by atoms with Gasteiger partial charge in [-0.25, -0.2) is 0 Å². The van der Waals surface area contributed by atoms with Crippen molar-refractivity contribution in [2.45, 2.75) is 13.8 Å². The van der Waals surface area contributed by atoms with Gasteiger partial charge in [0, 0.05) is 13.1 Å². The monoisotopic (exact) mass is 424 g/mol. The number of hydrogen-bond donors (Lipinski definition) is 2. The van der Waals surface area contributed by atoms with Gasteiger partial charge in [0.15, 0.2) is 12.4 Å². The van der Waals surface area contributed by atoms with Gasteiger partial charge in [-0.05, 0) is 49.2 Å². The van der Waals surface area contributed by atoms with Crippen LogP contribution in [0.2, 0.25) is 10.0 Å². The number of rotatable bonds is 8. The van der Waals surface area contributed by atoms with E-state index in [4.69, 9.17) is 32.7 Å². The number of halogens is 2. The van der Waals surface area contributed by atoms with Gasteiger partial charge in [-0.1, -0.05) is 29.3 Å². The highest BCUT2D eigenvalue weighted by Crippen LogP contribution is 2.33. The van der Waals surface area contributed by atoms with E-state index in [1.165, 1.54) is 13.2 Å². The summed E-state index contributed by atoms with van der Waals surface area (Å²) in [6, 6.07) is 8.71. The van der Waals surface area contributed by atoms with Crippen LogP contribution in [0, 0.1) is 13.8 Å². The zero-order valence-electron chi connectivity index (χ0n) is 15.9. The molecule has 150 valence electrons. The van der Waals surface area contributed by atoms with Crippen LogP contribution in [-0.2, 0) is 4.79 Å². The molecule has 2 rings (SSSR count). The van der Waals surface area contributed by atoms with Crippen molar-refractivity contribution in [1.82, 2.24) is 10.6 Å². The highest BCUT2D eigenvalue weighted by molar-refractivity contribution is 6.37. The molecule has 0 unspecified atom stereocenters. The number of amides is 2. The van der Waals surface area contributed by atoms with E-state index in [-0.39, 0.29) is 47.0 Å². The molecule has 0 fully saturated rings. The maximum atomic E-state index is 12.3. The number of hydrogen-bond acceptors (Lipinski definition) is 4. The fourth-order valence-electron chi connectivity index (χ4n) is 2.41. The van der Waals surface area contributed by atoms with Crippen molar-refractivity contribution in [3.8, 4) is 11.5 Å². The quantitative estimate of drug-likeness (QED) is 0.635. The highest BCUT2D eigenvalue weighted by atomic mass is 35.5. The molecule has 6 nitrogen and oxygen atoms in total. The van der Waals surface area contributed by atoms with E-state index in [1.807, 2.05) is 32.0 Å². The molecule has 0 heterocycles. The summed E-state index contributed by atoms with van der Waals surface area (Å²) in [5.74, 6) is 0.113. The lowest BCUT2D eigenvalue weighted by Crippen LogP contribution is -2.37. The molecule has 2 aromatic rings. The van der Waals surface area contributed by atoms with Gasteiger partial charge < -0.3 is 20.1 Å². The van der Waals surface area contributed by atoms with Crippen LogP contribution in [0.15, 0.2) is 30.3 Å². The summed E-state index contributed by atoms with van der Waals surface area (Å²) in [5.41, 5.74) is 2.40. The van der Waals surface area contributed by atoms with E-state index >= 15 is 0 Å². The average Bonchev–Trinajstić information content (AvgIpc) is 2.67. The first-order chi connectivity index (χ1) is 13.3. The Morgan fingerprint density at radius 2 is 1.64 bits per heavy atom. The average molecular weight is 425 g/mol. The Kier molecular flexibility index (Phi) is 7.96. The number of methoxy groups -OCH3 is 1. The van der Waals surface area contributed by atoms with Crippen molar-refractivity contribution in [2.24, 2.45) is 0 Å². The van der Waals surface area contributed by atoms with Gasteiger partial charge in [0.25, 0.3) is 11.8 Å². The minimum atomic E-state index is -0.440. The fraction of sp³-hybridized carbons (Fsp3) is 0.300. The molecule has 0 aromatic heterocycles. The summed E-state index contributed by atoms with van der Waals surface area (Å²) in [6.45, 7) is 4.32. The summed E-state index contributed by atoms with van der Waals surface area (Å²) in [4.78, 5) is 24.2. The Hall–Kier alpha value is -2.44. The molecular formula is C20H22Cl2N2O4. The Labute approximate surface area is 174 Å². The molecule has 0 bridgehead atoms. The zero-order valence-corrected chi connectivity index (χ0v) is 17.4. The van der Waals surface area contributed by atoms with Crippen molar-refractivity contribution >= 4 is 35.0 Å². The van der Waals surface area contributed by atoms with Crippen LogP contribution in [-0.4, -0.2) is 38.6 Å². The zero-order chi connectivity index (χ0) is 20.7. The SMILES string of the molecule is COc1c(Cl)ccc(Cl)c1C(=O)NCCNC(=O)COc1ccc(C)c(C)c1. The van der Waals surface area contributed by atoms with Crippen molar-refractivity contribution in [3.05, 3.63) is 57.1 Å². The number of nitrogens with one attached hydrogen (secondary N) is 2. The van der Waals surface area contributed by atoms with E-state index in [1.54, 1.807) is 6.07 Å². The Morgan fingerprint density at radius 1 is 0.964 bits per heavy atom. The molecular weight excluding hydrogens is 403 g/mol. The lowest BCUT2D eigenvalue weighted by atomic mass is 10.1. The molecule has 2 amide bonds. The molecule has 2 N–H and O–H groups in total. The van der Waals surface area contributed by atoms with Crippen LogP contribution in [0.1, 0.15) is 21.5 Å². The molecule has 28 heavy (non-hydrogen) atoms. The highest BCUT2D eigenvalue weighted by Gasteiger charge is 2.19. The van der Waals surface area contributed by atoms with Crippen LogP contribution in [0.5, 0.6) is 11.5 Å². The third kappa shape index (κ3) is 5.78. The number of benzene rings is 2. The van der Waals surface area contributed by atoms with Gasteiger partial charge in [-0.2, -0.15) is 0 Å². The number of aryl methyl sites for hydroxylation is 2. The second-order valence-corrected chi connectivity index (χ2v) is 6.89. The second kappa shape index (κ2) is 10.2. The fourth-order valence-corrected chi connectivity index (χ4v) is 2.88. The number of ether oxygens (including phenoxy) is 2. The minimum absolute atomic E-state index is 0.107. The van der Waals surface area contributed by atoms with Gasteiger partial charge in [-0.15, -0.1) is 0 Å². The Morgan fingerprint density at radius 3 is 2.32 bits per heavy atom. The summed E-state index contributed by atoms with van der Waals surface area (Å²) in [7, 11) is 1.41. The summed E-state index contributed by atoms with van der Waals surface area (Å²) >= 11 is 12.1. The largest absolute Gasteiger partial charge is 0.494 e. The maximum absolute atomic E-state index is 12.3. The molecule has 8 heteroatoms. The predicted molar refractivity (Wildman–Crippen MR) is 110 cm³/mol. The van der Waals surface area contributed by atoms with Gasteiger partial charge in [0.1, 0.15) is 11.3 Å². The first kappa shape index (κ1) is 21.9. The van der Waals surface area contributed by atoms with Gasteiger partial charge in [0.2, 0.25) is 0 Å². The van der Waals surface area contributed by atoms with E-state index in [9.17, 15) is 9.59 Å². The van der Waals surface area contributed by atoms with Crippen LogP contribution in [0.4, 0.5) is 0 Å².